The van der Waals surface area contributed by atoms with Crippen LogP contribution in [0, 0.1) is 11.8 Å². The maximum Gasteiger partial charge on any atom is 0.0303 e. The summed E-state index contributed by atoms with van der Waals surface area (Å²) >= 11 is 0. The fourth-order valence-electron chi connectivity index (χ4n) is 1.69. The Kier molecular flexibility index (Phi) is 4.39. The second-order valence-electron chi connectivity index (χ2n) is 4.25. The first-order valence-electron chi connectivity index (χ1n) is 6.11. The number of benzene rings is 2. The van der Waals surface area contributed by atoms with Gasteiger partial charge in [-0.25, -0.2) is 0 Å². The molecule has 0 aliphatic rings. The van der Waals surface area contributed by atoms with Crippen molar-refractivity contribution in [2.75, 3.05) is 0 Å². The normalized spacial score (nSPS) is 10.6. The maximum absolute atomic E-state index is 3.20. The topological polar surface area (TPSA) is 0 Å². The van der Waals surface area contributed by atoms with E-state index >= 15 is 0 Å². The van der Waals surface area contributed by atoms with Gasteiger partial charge in [-0.3, -0.25) is 0 Å². The number of allylic oxidation sites excluding steroid dienone is 1. The smallest absolute Gasteiger partial charge is 0.0303 e. The molecular formula is C18H16. The highest BCUT2D eigenvalue weighted by Gasteiger charge is 1.88. The maximum atomic E-state index is 3.20. The molecule has 0 aromatic heterocycles. The molecule has 0 amide bonds. The highest BCUT2D eigenvalue weighted by molar-refractivity contribution is 5.53. The lowest BCUT2D eigenvalue weighted by Gasteiger charge is -1.95. The molecule has 0 bridgehead atoms. The summed E-state index contributed by atoms with van der Waals surface area (Å²) in [7, 11) is 0. The first-order valence-corrected chi connectivity index (χ1v) is 6.11. The van der Waals surface area contributed by atoms with E-state index in [1.54, 1.807) is 0 Å². The number of hydrogen-bond acceptors (Lipinski definition) is 0. The summed E-state index contributed by atoms with van der Waals surface area (Å²) in [5, 5.41) is 0. The highest BCUT2D eigenvalue weighted by Crippen LogP contribution is 2.08. The van der Waals surface area contributed by atoms with Gasteiger partial charge in [0.25, 0.3) is 0 Å². The molecule has 0 saturated heterocycles. The van der Waals surface area contributed by atoms with Gasteiger partial charge >= 0.3 is 0 Å². The summed E-state index contributed by atoms with van der Waals surface area (Å²) in [4.78, 5) is 0. The van der Waals surface area contributed by atoms with Crippen LogP contribution in [0.25, 0.3) is 6.08 Å². The van der Waals surface area contributed by atoms with E-state index < -0.39 is 0 Å². The Bertz CT molecular complexity index is 566. The summed E-state index contributed by atoms with van der Waals surface area (Å²) in [5.74, 6) is 6.37. The predicted octanol–water partition coefficient (Wildman–Crippen LogP) is 4.53. The van der Waals surface area contributed by atoms with Crippen molar-refractivity contribution in [2.45, 2.75) is 13.3 Å². The first-order chi connectivity index (χ1) is 8.84. The zero-order chi connectivity index (χ0) is 12.6. The van der Waals surface area contributed by atoms with Gasteiger partial charge in [-0.15, -0.1) is 0 Å². The lowest BCUT2D eigenvalue weighted by molar-refractivity contribution is 1.27. The summed E-state index contributed by atoms with van der Waals surface area (Å²) in [6.07, 6.45) is 2.99. The molecule has 2 rings (SSSR count). The molecule has 0 atom stereocenters. The molecule has 2 aromatic rings. The molecule has 2 aromatic carbocycles. The molecule has 0 N–H and O–H groups in total. The minimum absolute atomic E-state index is 0.809. The fraction of sp³-hybridized carbons (Fsp3) is 0.111. The van der Waals surface area contributed by atoms with Crippen LogP contribution in [-0.2, 0) is 0 Å². The molecule has 0 saturated carbocycles. The fourth-order valence-corrected chi connectivity index (χ4v) is 1.69. The molecule has 0 nitrogen and oxygen atoms in total. The van der Waals surface area contributed by atoms with Crippen molar-refractivity contribution in [3.8, 4) is 11.8 Å². The van der Waals surface area contributed by atoms with Gasteiger partial charge in [0.05, 0.1) is 0 Å². The molecule has 0 heteroatoms. The highest BCUT2D eigenvalue weighted by atomic mass is 13.9. The minimum atomic E-state index is 0.809. The molecule has 0 unspecified atom stereocenters. The third-order valence-corrected chi connectivity index (χ3v) is 2.59. The monoisotopic (exact) mass is 232 g/mol. The molecule has 0 fully saturated rings. The molecule has 0 heterocycles. The van der Waals surface area contributed by atoms with Crippen LogP contribution in [-0.4, -0.2) is 0 Å². The van der Waals surface area contributed by atoms with E-state index in [1.807, 2.05) is 36.4 Å². The Morgan fingerprint density at radius 2 is 1.56 bits per heavy atom. The van der Waals surface area contributed by atoms with Crippen LogP contribution in [0.3, 0.4) is 0 Å². The van der Waals surface area contributed by atoms with Crippen molar-refractivity contribution >= 4 is 6.08 Å². The van der Waals surface area contributed by atoms with Gasteiger partial charge < -0.3 is 0 Å². The number of hydrogen-bond donors (Lipinski definition) is 0. The van der Waals surface area contributed by atoms with Crippen molar-refractivity contribution in [3.05, 3.63) is 77.4 Å². The van der Waals surface area contributed by atoms with Gasteiger partial charge in [-0.1, -0.05) is 72.0 Å². The van der Waals surface area contributed by atoms with Gasteiger partial charge in [0.2, 0.25) is 0 Å². The molecule has 0 radical (unpaired) electrons. The molecule has 0 aliphatic heterocycles. The van der Waals surface area contributed by atoms with Gasteiger partial charge in [0.15, 0.2) is 0 Å². The van der Waals surface area contributed by atoms with E-state index in [1.165, 1.54) is 11.1 Å². The third kappa shape index (κ3) is 3.96. The second-order valence-corrected chi connectivity index (χ2v) is 4.25. The molecular weight excluding hydrogens is 216 g/mol. The van der Waals surface area contributed by atoms with E-state index in [2.05, 4.69) is 49.1 Å². The zero-order valence-electron chi connectivity index (χ0n) is 10.6. The SMILES string of the molecule is CC(=Cc1ccccc1)CC#Cc1ccccc1. The molecule has 18 heavy (non-hydrogen) atoms. The van der Waals surface area contributed by atoms with Crippen molar-refractivity contribution in [1.29, 1.82) is 0 Å². The average molecular weight is 232 g/mol. The second kappa shape index (κ2) is 6.47. The third-order valence-electron chi connectivity index (χ3n) is 2.59. The summed E-state index contributed by atoms with van der Waals surface area (Å²) in [6.45, 7) is 2.12. The van der Waals surface area contributed by atoms with E-state index in [9.17, 15) is 0 Å². The van der Waals surface area contributed by atoms with Gasteiger partial charge in [-0.05, 0) is 24.6 Å². The van der Waals surface area contributed by atoms with Crippen LogP contribution in [0.4, 0.5) is 0 Å². The van der Waals surface area contributed by atoms with E-state index in [-0.39, 0.29) is 0 Å². The van der Waals surface area contributed by atoms with Crippen molar-refractivity contribution < 1.29 is 0 Å². The standard InChI is InChI=1S/C18H16/c1-16(15-18-12-6-3-7-13-18)9-8-14-17-10-4-2-5-11-17/h2-7,10-13,15H,9H2,1H3. The first kappa shape index (κ1) is 12.2. The average Bonchev–Trinajstić information content (AvgIpc) is 2.41. The molecule has 88 valence electrons. The van der Waals surface area contributed by atoms with E-state index in [0.29, 0.717) is 0 Å². The van der Waals surface area contributed by atoms with Crippen LogP contribution < -0.4 is 0 Å². The largest absolute Gasteiger partial charge is 0.0935 e. The summed E-state index contributed by atoms with van der Waals surface area (Å²) in [6, 6.07) is 20.4. The zero-order valence-corrected chi connectivity index (χ0v) is 10.6. The van der Waals surface area contributed by atoms with Crippen LogP contribution in [0.2, 0.25) is 0 Å². The summed E-state index contributed by atoms with van der Waals surface area (Å²) < 4.78 is 0. The van der Waals surface area contributed by atoms with Crippen molar-refractivity contribution in [2.24, 2.45) is 0 Å². The molecule has 0 spiro atoms. The van der Waals surface area contributed by atoms with Gasteiger partial charge in [-0.2, -0.15) is 0 Å². The lowest BCUT2D eigenvalue weighted by Crippen LogP contribution is -1.77. The quantitative estimate of drug-likeness (QED) is 0.667. The van der Waals surface area contributed by atoms with Crippen LogP contribution in [0.5, 0.6) is 0 Å². The number of rotatable bonds is 2. The van der Waals surface area contributed by atoms with Crippen LogP contribution >= 0.6 is 0 Å². The van der Waals surface area contributed by atoms with Gasteiger partial charge in [0, 0.05) is 12.0 Å². The van der Waals surface area contributed by atoms with Gasteiger partial charge in [0.1, 0.15) is 0 Å². The summed E-state index contributed by atoms with van der Waals surface area (Å²) in [5.41, 5.74) is 3.59. The predicted molar refractivity (Wildman–Crippen MR) is 78.0 cm³/mol. The van der Waals surface area contributed by atoms with E-state index in [4.69, 9.17) is 0 Å². The Balaban J connectivity index is 1.99. The van der Waals surface area contributed by atoms with Crippen molar-refractivity contribution in [1.82, 2.24) is 0 Å². The lowest BCUT2D eigenvalue weighted by atomic mass is 10.1. The Hall–Kier alpha value is -2.26. The van der Waals surface area contributed by atoms with E-state index in [0.717, 1.165) is 12.0 Å². The molecule has 0 aliphatic carbocycles. The van der Waals surface area contributed by atoms with Crippen molar-refractivity contribution in [3.63, 3.8) is 0 Å². The Labute approximate surface area is 109 Å². The van der Waals surface area contributed by atoms with Crippen LogP contribution in [0.15, 0.2) is 66.2 Å². The van der Waals surface area contributed by atoms with Crippen LogP contribution in [0.1, 0.15) is 24.5 Å². The minimum Gasteiger partial charge on any atom is -0.0935 e. The Morgan fingerprint density at radius 1 is 0.944 bits per heavy atom. The Morgan fingerprint density at radius 3 is 2.22 bits per heavy atom.